The summed E-state index contributed by atoms with van der Waals surface area (Å²) in [5.74, 6) is -1.75. The number of ether oxygens (including phenoxy) is 1. The van der Waals surface area contributed by atoms with Crippen molar-refractivity contribution in [1.29, 1.82) is 0 Å². The maximum Gasteiger partial charge on any atom is 0.490 e. The van der Waals surface area contributed by atoms with Crippen LogP contribution in [0.25, 0.3) is 10.9 Å². The molecule has 2 heterocycles. The molecule has 0 unspecified atom stereocenters. The van der Waals surface area contributed by atoms with E-state index in [0.29, 0.717) is 34.1 Å². The Kier molecular flexibility index (Phi) is 8.48. The molecule has 1 aliphatic rings. The zero-order valence-electron chi connectivity index (χ0n) is 15.9. The molecule has 166 valence electrons. The molecule has 12 heteroatoms. The van der Waals surface area contributed by atoms with Gasteiger partial charge in [0.15, 0.2) is 0 Å². The Hall–Kier alpha value is -1.88. The Morgan fingerprint density at radius 2 is 2.00 bits per heavy atom. The van der Waals surface area contributed by atoms with Crippen molar-refractivity contribution in [2.45, 2.75) is 31.5 Å². The molecule has 1 atom stereocenters. The van der Waals surface area contributed by atoms with Gasteiger partial charge in [0.2, 0.25) is 0 Å². The van der Waals surface area contributed by atoms with Gasteiger partial charge in [-0.15, -0.1) is 0 Å². The summed E-state index contributed by atoms with van der Waals surface area (Å²) in [5, 5.41) is 11.8. The van der Waals surface area contributed by atoms with Gasteiger partial charge in [0, 0.05) is 19.6 Å². The first-order valence-electron chi connectivity index (χ1n) is 8.95. The van der Waals surface area contributed by atoms with E-state index in [2.05, 4.69) is 5.32 Å². The highest BCUT2D eigenvalue weighted by Gasteiger charge is 2.38. The number of halogens is 5. The van der Waals surface area contributed by atoms with E-state index >= 15 is 0 Å². The fourth-order valence-corrected chi connectivity index (χ4v) is 3.34. The average Bonchev–Trinajstić information content (AvgIpc) is 2.69. The summed E-state index contributed by atoms with van der Waals surface area (Å²) in [6, 6.07) is 3.27. The smallest absolute Gasteiger partial charge is 0.475 e. The van der Waals surface area contributed by atoms with Crippen molar-refractivity contribution in [2.24, 2.45) is 0 Å². The molecule has 0 amide bonds. The van der Waals surface area contributed by atoms with Crippen LogP contribution in [0.5, 0.6) is 0 Å². The molecular formula is C18H20Cl2F3N3O4. The van der Waals surface area contributed by atoms with Gasteiger partial charge in [0.05, 0.1) is 34.1 Å². The minimum atomic E-state index is -5.08. The zero-order chi connectivity index (χ0) is 22.5. The van der Waals surface area contributed by atoms with Crippen LogP contribution in [-0.4, -0.2) is 53.6 Å². The molecule has 0 spiro atoms. The van der Waals surface area contributed by atoms with Gasteiger partial charge < -0.3 is 15.2 Å². The lowest BCUT2D eigenvalue weighted by atomic mass is 9.98. The quantitative estimate of drug-likeness (QED) is 0.712. The summed E-state index contributed by atoms with van der Waals surface area (Å²) in [6.45, 7) is 2.77. The average molecular weight is 470 g/mol. The first kappa shape index (κ1) is 24.4. The number of rotatable bonds is 4. The second-order valence-corrected chi connectivity index (χ2v) is 7.36. The molecule has 7 nitrogen and oxygen atoms in total. The monoisotopic (exact) mass is 469 g/mol. The predicted molar refractivity (Wildman–Crippen MR) is 106 cm³/mol. The zero-order valence-corrected chi connectivity index (χ0v) is 17.4. The van der Waals surface area contributed by atoms with E-state index in [1.807, 2.05) is 0 Å². The molecular weight excluding hydrogens is 450 g/mol. The molecule has 3 rings (SSSR count). The van der Waals surface area contributed by atoms with Crippen LogP contribution < -0.4 is 10.9 Å². The maximum atomic E-state index is 12.9. The number of carbonyl (C=O) groups is 1. The van der Waals surface area contributed by atoms with Crippen molar-refractivity contribution in [1.82, 2.24) is 14.9 Å². The largest absolute Gasteiger partial charge is 0.490 e. The summed E-state index contributed by atoms with van der Waals surface area (Å²) < 4.78 is 38.6. The number of alkyl halides is 3. The van der Waals surface area contributed by atoms with Crippen LogP contribution in [0.1, 0.15) is 24.6 Å². The molecule has 1 saturated heterocycles. The number of carboxylic acids is 1. The van der Waals surface area contributed by atoms with E-state index in [9.17, 15) is 18.0 Å². The third kappa shape index (κ3) is 6.07. The van der Waals surface area contributed by atoms with Crippen LogP contribution in [0, 0.1) is 0 Å². The van der Waals surface area contributed by atoms with E-state index in [4.69, 9.17) is 42.8 Å². The molecule has 0 aliphatic carbocycles. The van der Waals surface area contributed by atoms with Gasteiger partial charge in [-0.1, -0.05) is 23.2 Å². The highest BCUT2D eigenvalue weighted by molar-refractivity contribution is 6.42. The number of nitrogens with one attached hydrogen (secondary N) is 1. The number of nitrogens with zero attached hydrogens (tertiary/aromatic N) is 2. The molecule has 2 aromatic rings. The number of methoxy groups -OCH3 is 1. The minimum absolute atomic E-state index is 0.0915. The summed E-state index contributed by atoms with van der Waals surface area (Å²) in [4.78, 5) is 26.5. The van der Waals surface area contributed by atoms with Crippen LogP contribution in [0.3, 0.4) is 0 Å². The third-order valence-electron chi connectivity index (χ3n) is 4.45. The van der Waals surface area contributed by atoms with E-state index in [0.717, 1.165) is 31.8 Å². The molecule has 1 aliphatic heterocycles. The Labute approximate surface area is 179 Å². The standard InChI is InChI=1S/C16H19Cl2N3O2.C2HF3O2/c1-23-6-5-21-15(10-3-2-4-19-9-10)20-14-8-13(18)12(17)7-11(14)16(21)22;3-2(4,5)1(6)7/h7-8,10,19H,2-6,9H2,1H3;(H,6,7)/t10-;/m1./s1. The lowest BCUT2D eigenvalue weighted by molar-refractivity contribution is -0.192. The van der Waals surface area contributed by atoms with Gasteiger partial charge in [-0.2, -0.15) is 13.2 Å². The minimum Gasteiger partial charge on any atom is -0.475 e. The Morgan fingerprint density at radius 3 is 2.53 bits per heavy atom. The topological polar surface area (TPSA) is 93.5 Å². The fraction of sp³-hybridized carbons (Fsp3) is 0.500. The normalized spacial score (nSPS) is 16.8. The first-order chi connectivity index (χ1) is 14.1. The van der Waals surface area contributed by atoms with Crippen LogP contribution >= 0.6 is 23.2 Å². The summed E-state index contributed by atoms with van der Waals surface area (Å²) >= 11 is 12.2. The number of piperidine rings is 1. The number of aliphatic carboxylic acids is 1. The van der Waals surface area contributed by atoms with Crippen molar-refractivity contribution < 1.29 is 27.8 Å². The third-order valence-corrected chi connectivity index (χ3v) is 5.17. The van der Waals surface area contributed by atoms with Gasteiger partial charge in [0.1, 0.15) is 5.82 Å². The number of hydrogen-bond acceptors (Lipinski definition) is 5. The van der Waals surface area contributed by atoms with Crippen LogP contribution in [0.15, 0.2) is 16.9 Å². The van der Waals surface area contributed by atoms with Gasteiger partial charge >= 0.3 is 12.1 Å². The molecule has 1 aromatic heterocycles. The van der Waals surface area contributed by atoms with E-state index in [-0.39, 0.29) is 11.5 Å². The van der Waals surface area contributed by atoms with Crippen molar-refractivity contribution >= 4 is 40.1 Å². The molecule has 1 fully saturated rings. The predicted octanol–water partition coefficient (Wildman–Crippen LogP) is 3.45. The van der Waals surface area contributed by atoms with Crippen LogP contribution in [0.2, 0.25) is 10.0 Å². The van der Waals surface area contributed by atoms with Gasteiger partial charge in [-0.05, 0) is 31.5 Å². The van der Waals surface area contributed by atoms with E-state index in [1.54, 1.807) is 23.8 Å². The lowest BCUT2D eigenvalue weighted by Gasteiger charge is -2.25. The number of hydrogen-bond donors (Lipinski definition) is 2. The van der Waals surface area contributed by atoms with Gasteiger partial charge in [-0.25, -0.2) is 9.78 Å². The number of benzene rings is 1. The fourth-order valence-electron chi connectivity index (χ4n) is 3.02. The second kappa shape index (κ2) is 10.4. The highest BCUT2D eigenvalue weighted by atomic mass is 35.5. The molecule has 0 radical (unpaired) electrons. The highest BCUT2D eigenvalue weighted by Crippen LogP contribution is 2.28. The summed E-state index contributed by atoms with van der Waals surface area (Å²) in [5.41, 5.74) is 0.504. The molecule has 2 N–H and O–H groups in total. The number of fused-ring (bicyclic) bond motifs is 1. The molecule has 0 saturated carbocycles. The van der Waals surface area contributed by atoms with E-state index in [1.165, 1.54) is 0 Å². The molecule has 30 heavy (non-hydrogen) atoms. The number of carboxylic acid groups (broad SMARTS) is 1. The number of aromatic nitrogens is 2. The van der Waals surface area contributed by atoms with E-state index < -0.39 is 12.1 Å². The summed E-state index contributed by atoms with van der Waals surface area (Å²) in [7, 11) is 1.62. The van der Waals surface area contributed by atoms with Crippen molar-refractivity contribution in [2.75, 3.05) is 26.8 Å². The van der Waals surface area contributed by atoms with Crippen LogP contribution in [-0.2, 0) is 16.1 Å². The Morgan fingerprint density at radius 1 is 1.37 bits per heavy atom. The van der Waals surface area contributed by atoms with Crippen molar-refractivity contribution in [3.63, 3.8) is 0 Å². The maximum absolute atomic E-state index is 12.9. The first-order valence-corrected chi connectivity index (χ1v) is 9.71. The van der Waals surface area contributed by atoms with Crippen LogP contribution in [0.4, 0.5) is 13.2 Å². The Bertz CT molecular complexity index is 960. The van der Waals surface area contributed by atoms with Gasteiger partial charge in [0.25, 0.3) is 5.56 Å². The molecule has 0 bridgehead atoms. The van der Waals surface area contributed by atoms with Crippen molar-refractivity contribution in [3.05, 3.63) is 38.4 Å². The van der Waals surface area contributed by atoms with Gasteiger partial charge in [-0.3, -0.25) is 9.36 Å². The second-order valence-electron chi connectivity index (χ2n) is 6.55. The summed E-state index contributed by atoms with van der Waals surface area (Å²) in [6.07, 6.45) is -3.00. The van der Waals surface area contributed by atoms with Crippen molar-refractivity contribution in [3.8, 4) is 0 Å². The lowest BCUT2D eigenvalue weighted by Crippen LogP contribution is -2.35. The molecule has 1 aromatic carbocycles. The Balaban J connectivity index is 0.000000396. The SMILES string of the molecule is COCCn1c([C@@H]2CCCNC2)nc2cc(Cl)c(Cl)cc2c1=O.O=C(O)C(F)(F)F.